The maximum absolute atomic E-state index is 14.0. The second-order valence-corrected chi connectivity index (χ2v) is 12.6. The lowest BCUT2D eigenvalue weighted by atomic mass is 10.0. The lowest BCUT2D eigenvalue weighted by Crippen LogP contribution is -2.56. The third kappa shape index (κ3) is 7.35. The Morgan fingerprint density at radius 1 is 1.17 bits per heavy atom. The molecule has 1 saturated heterocycles. The van der Waals surface area contributed by atoms with Gasteiger partial charge in [-0.1, -0.05) is 50.3 Å². The molecule has 1 unspecified atom stereocenters. The zero-order valence-corrected chi connectivity index (χ0v) is 27.5. The van der Waals surface area contributed by atoms with E-state index >= 15 is 0 Å². The van der Waals surface area contributed by atoms with Crippen molar-refractivity contribution in [2.24, 2.45) is 17.6 Å². The molecule has 4 N–H and O–H groups in total. The van der Waals surface area contributed by atoms with Crippen molar-refractivity contribution < 1.29 is 28.6 Å². The summed E-state index contributed by atoms with van der Waals surface area (Å²) in [6, 6.07) is 15.6. The highest BCUT2D eigenvalue weighted by Crippen LogP contribution is 2.46. The van der Waals surface area contributed by atoms with Gasteiger partial charge >= 0.3 is 12.0 Å². The van der Waals surface area contributed by atoms with Crippen molar-refractivity contribution in [2.75, 3.05) is 26.8 Å². The Morgan fingerprint density at radius 2 is 1.94 bits per heavy atom. The number of esters is 1. The van der Waals surface area contributed by atoms with Gasteiger partial charge in [0.2, 0.25) is 5.91 Å². The topological polar surface area (TPSA) is 145 Å². The van der Waals surface area contributed by atoms with Crippen LogP contribution in [0.1, 0.15) is 40.0 Å². The highest BCUT2D eigenvalue weighted by molar-refractivity contribution is 5.95. The number of ether oxygens (including phenoxy) is 3. The van der Waals surface area contributed by atoms with E-state index in [1.165, 1.54) is 4.90 Å². The molecule has 2 fully saturated rings. The molecule has 3 amide bonds. The average molecular weight is 644 g/mol. The van der Waals surface area contributed by atoms with E-state index in [1.54, 1.807) is 20.1 Å². The van der Waals surface area contributed by atoms with E-state index in [9.17, 15) is 14.4 Å². The first-order chi connectivity index (χ1) is 22.6. The molecule has 1 saturated carbocycles. The second kappa shape index (κ2) is 14.4. The number of urea groups is 1. The van der Waals surface area contributed by atoms with E-state index in [0.717, 1.165) is 10.9 Å². The molecule has 5 rings (SSSR count). The molecule has 0 radical (unpaired) electrons. The van der Waals surface area contributed by atoms with Crippen LogP contribution >= 0.6 is 0 Å². The van der Waals surface area contributed by atoms with Gasteiger partial charge in [0.25, 0.3) is 0 Å². The van der Waals surface area contributed by atoms with Crippen molar-refractivity contribution in [3.63, 3.8) is 0 Å². The van der Waals surface area contributed by atoms with Crippen LogP contribution in [0.5, 0.6) is 11.5 Å². The Bertz CT molecular complexity index is 1610. The smallest absolute Gasteiger partial charge is 0.332 e. The zero-order valence-electron chi connectivity index (χ0n) is 27.5. The van der Waals surface area contributed by atoms with Crippen LogP contribution in [-0.4, -0.2) is 78.3 Å². The number of fused-ring (bicyclic) bond motifs is 1. The van der Waals surface area contributed by atoms with Gasteiger partial charge in [-0.2, -0.15) is 0 Å². The molecular weight excluding hydrogens is 598 g/mol. The number of pyridine rings is 1. The fraction of sp³-hybridized carbons (Fsp3) is 0.444. The van der Waals surface area contributed by atoms with Crippen LogP contribution < -0.4 is 25.8 Å². The Hall–Kier alpha value is -4.64. The van der Waals surface area contributed by atoms with Crippen LogP contribution in [0.15, 0.2) is 67.3 Å². The van der Waals surface area contributed by atoms with Gasteiger partial charge in [0, 0.05) is 48.0 Å². The summed E-state index contributed by atoms with van der Waals surface area (Å²) >= 11 is 0. The number of hydrogen-bond donors (Lipinski definition) is 3. The summed E-state index contributed by atoms with van der Waals surface area (Å²) in [6.45, 7) is 10.2. The average Bonchev–Trinajstić information content (AvgIpc) is 3.62. The number of likely N-dealkylation sites (tertiary alicyclic amines) is 1. The molecule has 250 valence electrons. The fourth-order valence-electron chi connectivity index (χ4n) is 6.30. The number of aromatic nitrogens is 1. The first-order valence-electron chi connectivity index (χ1n) is 16.2. The largest absolute Gasteiger partial charge is 0.497 e. The number of benzene rings is 2. The fourth-order valence-corrected chi connectivity index (χ4v) is 6.30. The van der Waals surface area contributed by atoms with E-state index in [-0.39, 0.29) is 38.1 Å². The second-order valence-electron chi connectivity index (χ2n) is 12.6. The van der Waals surface area contributed by atoms with Gasteiger partial charge in [-0.25, -0.2) is 14.6 Å². The number of nitrogens with two attached hydrogens (primary N) is 1. The molecule has 11 heteroatoms. The van der Waals surface area contributed by atoms with Gasteiger partial charge in [-0.05, 0) is 37.8 Å². The summed E-state index contributed by atoms with van der Waals surface area (Å²) in [4.78, 5) is 47.0. The van der Waals surface area contributed by atoms with E-state index in [4.69, 9.17) is 24.9 Å². The summed E-state index contributed by atoms with van der Waals surface area (Å²) in [7, 11) is 1.60. The molecule has 2 aliphatic rings. The van der Waals surface area contributed by atoms with Crippen molar-refractivity contribution >= 4 is 28.8 Å². The molecule has 5 atom stereocenters. The lowest BCUT2D eigenvalue weighted by Gasteiger charge is -2.28. The van der Waals surface area contributed by atoms with Gasteiger partial charge in [0.05, 0.1) is 31.5 Å². The van der Waals surface area contributed by atoms with Crippen LogP contribution in [0.25, 0.3) is 22.2 Å². The molecular formula is C36H45N5O6. The molecule has 2 heterocycles. The number of amides is 3. The molecule has 47 heavy (non-hydrogen) atoms. The van der Waals surface area contributed by atoms with Gasteiger partial charge in [-0.15, -0.1) is 6.58 Å². The van der Waals surface area contributed by atoms with Gasteiger partial charge in [0.15, 0.2) is 0 Å². The summed E-state index contributed by atoms with van der Waals surface area (Å²) in [5.74, 6) is 0.319. The van der Waals surface area contributed by atoms with Crippen LogP contribution in [0.4, 0.5) is 4.79 Å². The minimum atomic E-state index is -1.20. The Morgan fingerprint density at radius 3 is 2.57 bits per heavy atom. The number of hydrogen-bond acceptors (Lipinski definition) is 8. The van der Waals surface area contributed by atoms with E-state index in [2.05, 4.69) is 31.1 Å². The minimum absolute atomic E-state index is 0.140. The lowest BCUT2D eigenvalue weighted by molar-refractivity contribution is -0.149. The predicted octanol–water partition coefficient (Wildman–Crippen LogP) is 4.44. The van der Waals surface area contributed by atoms with E-state index in [0.29, 0.717) is 41.5 Å². The maximum atomic E-state index is 14.0. The van der Waals surface area contributed by atoms with Crippen LogP contribution in [0, 0.1) is 11.8 Å². The van der Waals surface area contributed by atoms with Gasteiger partial charge < -0.3 is 35.5 Å². The standard InChI is InChI=1S/C36H45N5O6/c1-6-24-19-36(24,34(43)46-7-2)40-33(42)31-17-27(21-41(31)35(44)38-25(20-37)15-22(3)4)47-32-18-29(23-11-9-8-10-12-23)39-30-16-26(45-5)13-14-28(30)32/h6,8-14,16,18,22,24-25,27,31H,1,7,15,17,19-21,37H2,2-5H3,(H,38,44)(H,40,42)/t24-,25+,27-,31?,36-/m1/s1. The number of carbonyl (C=O) groups excluding carboxylic acids is 3. The van der Waals surface area contributed by atoms with Crippen molar-refractivity contribution in [3.05, 3.63) is 67.3 Å². The molecule has 0 spiro atoms. The molecule has 1 aromatic heterocycles. The summed E-state index contributed by atoms with van der Waals surface area (Å²) < 4.78 is 17.4. The summed E-state index contributed by atoms with van der Waals surface area (Å²) in [5, 5.41) is 6.71. The monoisotopic (exact) mass is 643 g/mol. The number of methoxy groups -OCH3 is 1. The van der Waals surface area contributed by atoms with E-state index < -0.39 is 35.6 Å². The molecule has 0 bridgehead atoms. The molecule has 2 aromatic carbocycles. The quantitative estimate of drug-likeness (QED) is 0.183. The molecule has 3 aromatic rings. The maximum Gasteiger partial charge on any atom is 0.332 e. The van der Waals surface area contributed by atoms with Gasteiger partial charge in [0.1, 0.15) is 29.2 Å². The van der Waals surface area contributed by atoms with Crippen molar-refractivity contribution in [1.82, 2.24) is 20.5 Å². The van der Waals surface area contributed by atoms with E-state index in [1.807, 2.05) is 54.6 Å². The first kappa shape index (κ1) is 33.7. The summed E-state index contributed by atoms with van der Waals surface area (Å²) in [6.07, 6.45) is 2.39. The van der Waals surface area contributed by atoms with Crippen LogP contribution in [0.3, 0.4) is 0 Å². The molecule has 1 aliphatic carbocycles. The van der Waals surface area contributed by atoms with Gasteiger partial charge in [-0.3, -0.25) is 4.79 Å². The number of carbonyl (C=O) groups is 3. The highest BCUT2D eigenvalue weighted by atomic mass is 16.5. The highest BCUT2D eigenvalue weighted by Gasteiger charge is 2.62. The molecule has 1 aliphatic heterocycles. The number of nitrogens with zero attached hydrogens (tertiary/aromatic N) is 2. The predicted molar refractivity (Wildman–Crippen MR) is 180 cm³/mol. The van der Waals surface area contributed by atoms with Crippen molar-refractivity contribution in [2.45, 2.75) is 63.8 Å². The Balaban J connectivity index is 1.46. The Kier molecular flexibility index (Phi) is 10.3. The first-order valence-corrected chi connectivity index (χ1v) is 16.2. The third-order valence-electron chi connectivity index (χ3n) is 8.82. The summed E-state index contributed by atoms with van der Waals surface area (Å²) in [5.41, 5.74) is 7.11. The minimum Gasteiger partial charge on any atom is -0.497 e. The molecule has 11 nitrogen and oxygen atoms in total. The van der Waals surface area contributed by atoms with Crippen molar-refractivity contribution in [1.29, 1.82) is 0 Å². The van der Waals surface area contributed by atoms with Crippen LogP contribution in [0.2, 0.25) is 0 Å². The normalized spacial score (nSPS) is 22.4. The Labute approximate surface area is 275 Å². The number of nitrogens with one attached hydrogen (secondary N) is 2. The third-order valence-corrected chi connectivity index (χ3v) is 8.82. The van der Waals surface area contributed by atoms with Crippen molar-refractivity contribution in [3.8, 4) is 22.8 Å². The SMILES string of the molecule is C=C[C@@H]1C[C@]1(NC(=O)C1C[C@@H](Oc2cc(-c3ccccc3)nc3cc(OC)ccc23)CN1C(=O)N[C@H](CN)CC(C)C)C(=O)OCC. The number of rotatable bonds is 13. The van der Waals surface area contributed by atoms with Crippen LogP contribution in [-0.2, 0) is 14.3 Å². The zero-order chi connectivity index (χ0) is 33.7.